The van der Waals surface area contributed by atoms with E-state index in [-0.39, 0.29) is 5.54 Å². The van der Waals surface area contributed by atoms with Crippen LogP contribution in [-0.4, -0.2) is 12.1 Å². The number of hydrogen-bond acceptors (Lipinski definition) is 3. The van der Waals surface area contributed by atoms with E-state index in [1.165, 1.54) is 37.7 Å². The van der Waals surface area contributed by atoms with Crippen molar-refractivity contribution in [1.82, 2.24) is 5.32 Å². The summed E-state index contributed by atoms with van der Waals surface area (Å²) >= 11 is 0. The highest BCUT2D eigenvalue weighted by atomic mass is 16.5. The highest BCUT2D eigenvalue weighted by Crippen LogP contribution is 2.24. The SMILES string of the molecule is Cc1cc(COCC2CCCCC2)oc1CNC(C)(C)C. The molecule has 0 radical (unpaired) electrons. The summed E-state index contributed by atoms with van der Waals surface area (Å²) in [5, 5.41) is 3.47. The van der Waals surface area contributed by atoms with Gasteiger partial charge < -0.3 is 14.5 Å². The van der Waals surface area contributed by atoms with Crippen LogP contribution in [0.15, 0.2) is 10.5 Å². The summed E-state index contributed by atoms with van der Waals surface area (Å²) < 4.78 is 11.8. The Hall–Kier alpha value is -0.800. The molecule has 0 aliphatic heterocycles. The van der Waals surface area contributed by atoms with Crippen LogP contribution in [-0.2, 0) is 17.9 Å². The normalized spacial score (nSPS) is 17.3. The molecule has 1 aromatic heterocycles. The van der Waals surface area contributed by atoms with E-state index >= 15 is 0 Å². The Kier molecular flexibility index (Phi) is 5.88. The molecule has 2 rings (SSSR count). The third-order valence-electron chi connectivity index (χ3n) is 4.17. The second-order valence-electron chi connectivity index (χ2n) is 7.44. The average Bonchev–Trinajstić information content (AvgIpc) is 2.77. The number of furan rings is 1. The van der Waals surface area contributed by atoms with Crippen molar-refractivity contribution in [2.45, 2.75) is 78.5 Å². The summed E-state index contributed by atoms with van der Waals surface area (Å²) in [5.74, 6) is 2.74. The van der Waals surface area contributed by atoms with Crippen LogP contribution in [0.5, 0.6) is 0 Å². The van der Waals surface area contributed by atoms with Crippen LogP contribution in [0.3, 0.4) is 0 Å². The fourth-order valence-electron chi connectivity index (χ4n) is 2.86. The first-order valence-electron chi connectivity index (χ1n) is 8.35. The monoisotopic (exact) mass is 293 g/mol. The van der Waals surface area contributed by atoms with Gasteiger partial charge >= 0.3 is 0 Å². The van der Waals surface area contributed by atoms with Gasteiger partial charge in [-0.15, -0.1) is 0 Å². The van der Waals surface area contributed by atoms with Crippen molar-refractivity contribution in [1.29, 1.82) is 0 Å². The summed E-state index contributed by atoms with van der Waals surface area (Å²) in [5.41, 5.74) is 1.32. The van der Waals surface area contributed by atoms with E-state index in [0.717, 1.165) is 30.6 Å². The lowest BCUT2D eigenvalue weighted by Gasteiger charge is -2.21. The van der Waals surface area contributed by atoms with Gasteiger partial charge in [0.25, 0.3) is 0 Å². The minimum absolute atomic E-state index is 0.108. The molecular formula is C18H31NO2. The molecule has 1 heterocycles. The average molecular weight is 293 g/mol. The predicted molar refractivity (Wildman–Crippen MR) is 86.3 cm³/mol. The number of ether oxygens (including phenoxy) is 1. The van der Waals surface area contributed by atoms with E-state index in [2.05, 4.69) is 39.1 Å². The van der Waals surface area contributed by atoms with Gasteiger partial charge in [-0.1, -0.05) is 19.3 Å². The Balaban J connectivity index is 1.76. The molecule has 120 valence electrons. The number of nitrogens with one attached hydrogen (secondary N) is 1. The molecule has 1 saturated carbocycles. The zero-order valence-electron chi connectivity index (χ0n) is 14.1. The van der Waals surface area contributed by atoms with Crippen LogP contribution in [0.25, 0.3) is 0 Å². The zero-order chi connectivity index (χ0) is 15.3. The van der Waals surface area contributed by atoms with Crippen molar-refractivity contribution in [3.05, 3.63) is 23.2 Å². The summed E-state index contributed by atoms with van der Waals surface area (Å²) in [7, 11) is 0. The largest absolute Gasteiger partial charge is 0.462 e. The van der Waals surface area contributed by atoms with Gasteiger partial charge in [-0.2, -0.15) is 0 Å². The first-order valence-corrected chi connectivity index (χ1v) is 8.35. The van der Waals surface area contributed by atoms with Crippen LogP contribution in [0.1, 0.15) is 70.0 Å². The first kappa shape index (κ1) is 16.6. The van der Waals surface area contributed by atoms with Gasteiger partial charge in [0.15, 0.2) is 0 Å². The maximum atomic E-state index is 5.91. The molecule has 0 aromatic carbocycles. The van der Waals surface area contributed by atoms with Crippen molar-refractivity contribution >= 4 is 0 Å². The topological polar surface area (TPSA) is 34.4 Å². The van der Waals surface area contributed by atoms with Crippen molar-refractivity contribution < 1.29 is 9.15 Å². The van der Waals surface area contributed by atoms with Crippen LogP contribution >= 0.6 is 0 Å². The third kappa shape index (κ3) is 5.84. The van der Waals surface area contributed by atoms with Crippen LogP contribution in [0.4, 0.5) is 0 Å². The molecule has 1 fully saturated rings. The highest BCUT2D eigenvalue weighted by Gasteiger charge is 2.15. The molecule has 0 bridgehead atoms. The molecule has 1 N–H and O–H groups in total. The molecule has 3 nitrogen and oxygen atoms in total. The van der Waals surface area contributed by atoms with Gasteiger partial charge in [-0.3, -0.25) is 0 Å². The number of rotatable bonds is 6. The van der Waals surface area contributed by atoms with E-state index in [9.17, 15) is 0 Å². The summed E-state index contributed by atoms with van der Waals surface area (Å²) in [6.45, 7) is 10.9. The van der Waals surface area contributed by atoms with Gasteiger partial charge in [0.05, 0.1) is 6.54 Å². The predicted octanol–water partition coefficient (Wildman–Crippen LogP) is 4.57. The second kappa shape index (κ2) is 7.46. The highest BCUT2D eigenvalue weighted by molar-refractivity contribution is 5.19. The molecule has 3 heteroatoms. The van der Waals surface area contributed by atoms with E-state index in [0.29, 0.717) is 6.61 Å². The lowest BCUT2D eigenvalue weighted by Crippen LogP contribution is -2.35. The van der Waals surface area contributed by atoms with Crippen molar-refractivity contribution in [2.75, 3.05) is 6.61 Å². The molecule has 21 heavy (non-hydrogen) atoms. The number of hydrogen-bond donors (Lipinski definition) is 1. The van der Waals surface area contributed by atoms with Gasteiger partial charge in [-0.05, 0) is 58.1 Å². The first-order chi connectivity index (χ1) is 9.94. The van der Waals surface area contributed by atoms with Crippen LogP contribution in [0.2, 0.25) is 0 Å². The molecular weight excluding hydrogens is 262 g/mol. The Morgan fingerprint density at radius 3 is 2.62 bits per heavy atom. The Morgan fingerprint density at radius 1 is 1.24 bits per heavy atom. The lowest BCUT2D eigenvalue weighted by atomic mass is 9.90. The van der Waals surface area contributed by atoms with Crippen molar-refractivity contribution in [3.8, 4) is 0 Å². The fourth-order valence-corrected chi connectivity index (χ4v) is 2.86. The summed E-state index contributed by atoms with van der Waals surface area (Å²) in [6, 6.07) is 2.11. The standard InChI is InChI=1S/C18H31NO2/c1-14-10-16(21-17(14)11-19-18(2,3)4)13-20-12-15-8-6-5-7-9-15/h10,15,19H,5-9,11-13H2,1-4H3. The van der Waals surface area contributed by atoms with Crippen LogP contribution in [0, 0.1) is 12.8 Å². The molecule has 1 aromatic rings. The van der Waals surface area contributed by atoms with Crippen molar-refractivity contribution in [3.63, 3.8) is 0 Å². The molecule has 0 spiro atoms. The Labute approximate surface area is 129 Å². The summed E-state index contributed by atoms with van der Waals surface area (Å²) in [6.07, 6.45) is 6.81. The maximum Gasteiger partial charge on any atom is 0.130 e. The second-order valence-corrected chi connectivity index (χ2v) is 7.44. The molecule has 0 atom stereocenters. The zero-order valence-corrected chi connectivity index (χ0v) is 14.1. The third-order valence-corrected chi connectivity index (χ3v) is 4.17. The summed E-state index contributed by atoms with van der Waals surface area (Å²) in [4.78, 5) is 0. The molecule has 1 aliphatic rings. The van der Waals surface area contributed by atoms with E-state index in [1.54, 1.807) is 0 Å². The quantitative estimate of drug-likeness (QED) is 0.834. The smallest absolute Gasteiger partial charge is 0.130 e. The van der Waals surface area contributed by atoms with Crippen LogP contribution < -0.4 is 5.32 Å². The molecule has 0 amide bonds. The molecule has 0 saturated heterocycles. The minimum Gasteiger partial charge on any atom is -0.462 e. The van der Waals surface area contributed by atoms with Gasteiger partial charge in [0, 0.05) is 12.1 Å². The molecule has 0 unspecified atom stereocenters. The molecule has 1 aliphatic carbocycles. The van der Waals surface area contributed by atoms with Gasteiger partial charge in [0.1, 0.15) is 18.1 Å². The van der Waals surface area contributed by atoms with Gasteiger partial charge in [-0.25, -0.2) is 0 Å². The Morgan fingerprint density at radius 2 is 1.95 bits per heavy atom. The van der Waals surface area contributed by atoms with Gasteiger partial charge in [0.2, 0.25) is 0 Å². The van der Waals surface area contributed by atoms with E-state index < -0.39 is 0 Å². The maximum absolute atomic E-state index is 5.91. The van der Waals surface area contributed by atoms with Crippen molar-refractivity contribution in [2.24, 2.45) is 5.92 Å². The number of aryl methyl sites for hydroxylation is 1. The minimum atomic E-state index is 0.108. The van der Waals surface area contributed by atoms with E-state index in [4.69, 9.17) is 9.15 Å². The lowest BCUT2D eigenvalue weighted by molar-refractivity contribution is 0.0630. The Bertz CT molecular complexity index is 425. The van der Waals surface area contributed by atoms with E-state index in [1.807, 2.05) is 0 Å². The fraction of sp³-hybridized carbons (Fsp3) is 0.778.